The van der Waals surface area contributed by atoms with Gasteiger partial charge in [-0.05, 0) is 96.5 Å². The topological polar surface area (TPSA) is 43.4 Å². The fraction of sp³-hybridized carbons (Fsp3) is 0.364. The van der Waals surface area contributed by atoms with Gasteiger partial charge in [0.2, 0.25) is 0 Å². The average Bonchev–Trinajstić information content (AvgIpc) is 3.16. The maximum atomic E-state index is 5.78. The molecule has 0 aliphatic carbocycles. The smallest absolute Gasteiger partial charge is 0.0718 e. The summed E-state index contributed by atoms with van der Waals surface area (Å²) in [7, 11) is 3.38. The lowest BCUT2D eigenvalue weighted by atomic mass is 9.93. The standard InChI is InChI=1S/C44H56N2O4/c1-7-45(8-2)41-23-19-39(20-24-41)44(40-21-25-42(26-22-40)46(9-3)10-4)28-27-43(37-15-11-35(12-16-37)33-49-31-29-47-5)38-17-13-36(14-18-38)34-50-32-30-48-6/h11-28H,7-10,29-34H2,1-6H3. The minimum Gasteiger partial charge on any atom is -0.382 e. The second kappa shape index (κ2) is 21.1. The van der Waals surface area contributed by atoms with E-state index in [1.807, 2.05) is 0 Å². The van der Waals surface area contributed by atoms with E-state index in [0.717, 1.165) is 54.0 Å². The molecular formula is C44H56N2O4. The minimum atomic E-state index is 0.553. The van der Waals surface area contributed by atoms with E-state index < -0.39 is 0 Å². The van der Waals surface area contributed by atoms with Gasteiger partial charge in [-0.15, -0.1) is 0 Å². The van der Waals surface area contributed by atoms with E-state index in [1.54, 1.807) is 14.2 Å². The normalized spacial score (nSPS) is 10.9. The van der Waals surface area contributed by atoms with E-state index >= 15 is 0 Å². The van der Waals surface area contributed by atoms with Crippen LogP contribution in [0.2, 0.25) is 0 Å². The van der Waals surface area contributed by atoms with Crippen molar-refractivity contribution in [3.8, 4) is 0 Å². The molecule has 0 radical (unpaired) electrons. The van der Waals surface area contributed by atoms with Crippen molar-refractivity contribution in [2.45, 2.75) is 40.9 Å². The van der Waals surface area contributed by atoms with Crippen molar-refractivity contribution in [3.05, 3.63) is 143 Å². The largest absolute Gasteiger partial charge is 0.382 e. The van der Waals surface area contributed by atoms with Crippen molar-refractivity contribution >= 4 is 22.5 Å². The first-order valence-corrected chi connectivity index (χ1v) is 18.0. The van der Waals surface area contributed by atoms with E-state index in [9.17, 15) is 0 Å². The van der Waals surface area contributed by atoms with Crippen molar-refractivity contribution < 1.29 is 18.9 Å². The van der Waals surface area contributed by atoms with Gasteiger partial charge in [0.15, 0.2) is 0 Å². The molecule has 0 aliphatic rings. The average molecular weight is 677 g/mol. The summed E-state index contributed by atoms with van der Waals surface area (Å²) in [6.45, 7) is 16.2. The van der Waals surface area contributed by atoms with Crippen LogP contribution in [0.4, 0.5) is 11.4 Å². The molecule has 0 aliphatic heterocycles. The predicted molar refractivity (Wildman–Crippen MR) is 210 cm³/mol. The minimum absolute atomic E-state index is 0.553. The monoisotopic (exact) mass is 676 g/mol. The van der Waals surface area contributed by atoms with E-state index in [-0.39, 0.29) is 0 Å². The van der Waals surface area contributed by atoms with Crippen LogP contribution in [0.3, 0.4) is 0 Å². The molecule has 6 nitrogen and oxygen atoms in total. The van der Waals surface area contributed by atoms with Crippen molar-refractivity contribution in [2.24, 2.45) is 0 Å². The molecular weight excluding hydrogens is 620 g/mol. The second-order valence-corrected chi connectivity index (χ2v) is 12.1. The van der Waals surface area contributed by atoms with Crippen molar-refractivity contribution in [3.63, 3.8) is 0 Å². The Morgan fingerprint density at radius 3 is 1.02 bits per heavy atom. The summed E-state index contributed by atoms with van der Waals surface area (Å²) in [5.74, 6) is 0. The number of hydrogen-bond acceptors (Lipinski definition) is 6. The Kier molecular flexibility index (Phi) is 16.3. The van der Waals surface area contributed by atoms with Crippen LogP contribution < -0.4 is 9.80 Å². The molecule has 0 spiro atoms. The SMILES string of the molecule is CCN(CC)c1ccc(C(=CC=C(c2ccc(COCCOC)cc2)c2ccc(COCCOC)cc2)c2ccc(N(CC)CC)cc2)cc1. The van der Waals surface area contributed by atoms with Crippen LogP contribution in [-0.4, -0.2) is 66.8 Å². The molecule has 0 bridgehead atoms. The summed E-state index contributed by atoms with van der Waals surface area (Å²) in [6, 6.07) is 35.3. The first kappa shape index (κ1) is 38.6. The number of rotatable bonds is 21. The zero-order valence-electron chi connectivity index (χ0n) is 31.0. The number of nitrogens with zero attached hydrogens (tertiary/aromatic N) is 2. The zero-order chi connectivity index (χ0) is 35.6. The van der Waals surface area contributed by atoms with Gasteiger partial charge in [0.05, 0.1) is 39.6 Å². The maximum absolute atomic E-state index is 5.78. The van der Waals surface area contributed by atoms with E-state index in [0.29, 0.717) is 39.6 Å². The third-order valence-corrected chi connectivity index (χ3v) is 8.96. The lowest BCUT2D eigenvalue weighted by molar-refractivity contribution is 0.0616. The summed E-state index contributed by atoms with van der Waals surface area (Å²) in [6.07, 6.45) is 4.54. The van der Waals surface area contributed by atoms with Gasteiger partial charge in [0.25, 0.3) is 0 Å². The summed E-state index contributed by atoms with van der Waals surface area (Å²) < 4.78 is 21.8. The maximum Gasteiger partial charge on any atom is 0.0718 e. The van der Waals surface area contributed by atoms with E-state index in [4.69, 9.17) is 18.9 Å². The van der Waals surface area contributed by atoms with Crippen LogP contribution in [0.5, 0.6) is 0 Å². The summed E-state index contributed by atoms with van der Waals surface area (Å²) >= 11 is 0. The van der Waals surface area contributed by atoms with Crippen LogP contribution >= 0.6 is 0 Å². The van der Waals surface area contributed by atoms with Crippen LogP contribution in [0, 0.1) is 0 Å². The van der Waals surface area contributed by atoms with Crippen LogP contribution in [0.25, 0.3) is 11.1 Å². The van der Waals surface area contributed by atoms with Gasteiger partial charge in [-0.1, -0.05) is 84.9 Å². The van der Waals surface area contributed by atoms with E-state index in [2.05, 4.69) is 147 Å². The van der Waals surface area contributed by atoms with Crippen LogP contribution in [-0.2, 0) is 32.2 Å². The molecule has 0 N–H and O–H groups in total. The van der Waals surface area contributed by atoms with E-state index in [1.165, 1.54) is 28.1 Å². The second-order valence-electron chi connectivity index (χ2n) is 12.1. The highest BCUT2D eigenvalue weighted by Crippen LogP contribution is 2.31. The Hall–Kier alpha value is -4.20. The number of hydrogen-bond donors (Lipinski definition) is 0. The third kappa shape index (κ3) is 11.2. The van der Waals surface area contributed by atoms with Crippen LogP contribution in [0.1, 0.15) is 61.1 Å². The van der Waals surface area contributed by atoms with Crippen molar-refractivity contribution in [1.82, 2.24) is 0 Å². The Morgan fingerprint density at radius 1 is 0.440 bits per heavy atom. The Labute approximate surface area is 300 Å². The molecule has 50 heavy (non-hydrogen) atoms. The molecule has 0 aromatic heterocycles. The van der Waals surface area contributed by atoms with Gasteiger partial charge >= 0.3 is 0 Å². The summed E-state index contributed by atoms with van der Waals surface area (Å²) in [5.41, 5.74) is 11.7. The molecule has 0 amide bonds. The molecule has 266 valence electrons. The lowest BCUT2D eigenvalue weighted by Crippen LogP contribution is -2.21. The molecule has 4 aromatic rings. The highest BCUT2D eigenvalue weighted by Gasteiger charge is 2.11. The first-order valence-electron chi connectivity index (χ1n) is 18.0. The highest BCUT2D eigenvalue weighted by molar-refractivity contribution is 5.87. The first-order chi connectivity index (χ1) is 24.5. The highest BCUT2D eigenvalue weighted by atomic mass is 16.5. The van der Waals surface area contributed by atoms with Crippen LogP contribution in [0.15, 0.2) is 109 Å². The number of anilines is 2. The fourth-order valence-electron chi connectivity index (χ4n) is 5.99. The molecule has 4 aromatic carbocycles. The summed E-state index contributed by atoms with van der Waals surface area (Å²) in [5, 5.41) is 0. The van der Waals surface area contributed by atoms with Gasteiger partial charge in [0, 0.05) is 51.8 Å². The van der Waals surface area contributed by atoms with Gasteiger partial charge in [-0.25, -0.2) is 0 Å². The van der Waals surface area contributed by atoms with Gasteiger partial charge in [-0.2, -0.15) is 0 Å². The van der Waals surface area contributed by atoms with Crippen molar-refractivity contribution in [2.75, 3.05) is 76.6 Å². The van der Waals surface area contributed by atoms with Gasteiger partial charge in [0.1, 0.15) is 0 Å². The summed E-state index contributed by atoms with van der Waals surface area (Å²) in [4.78, 5) is 4.76. The van der Waals surface area contributed by atoms with Gasteiger partial charge < -0.3 is 28.7 Å². The molecule has 0 atom stereocenters. The Balaban J connectivity index is 1.77. The molecule has 0 fully saturated rings. The molecule has 0 unspecified atom stereocenters. The predicted octanol–water partition coefficient (Wildman–Crippen LogP) is 9.27. The molecule has 0 saturated heterocycles. The van der Waals surface area contributed by atoms with Gasteiger partial charge in [-0.3, -0.25) is 0 Å². The number of benzene rings is 4. The van der Waals surface area contributed by atoms with Crippen molar-refractivity contribution in [1.29, 1.82) is 0 Å². The number of methoxy groups -OCH3 is 2. The molecule has 0 heterocycles. The quantitative estimate of drug-likeness (QED) is 0.0648. The molecule has 0 saturated carbocycles. The zero-order valence-corrected chi connectivity index (χ0v) is 31.0. The Morgan fingerprint density at radius 2 is 0.740 bits per heavy atom. The molecule has 4 rings (SSSR count). The number of allylic oxidation sites excluding steroid dienone is 2. The molecule has 6 heteroatoms. The fourth-order valence-corrected chi connectivity index (χ4v) is 5.99. The lowest BCUT2D eigenvalue weighted by Gasteiger charge is -2.22. The third-order valence-electron chi connectivity index (χ3n) is 8.96. The Bertz CT molecular complexity index is 1470. The number of ether oxygens (including phenoxy) is 4.